The molecule has 1 aliphatic heterocycles. The zero-order valence-electron chi connectivity index (χ0n) is 11.7. The number of nitrogens with zero attached hydrogens (tertiary/aromatic N) is 1. The molecule has 0 bridgehead atoms. The second-order valence-electron chi connectivity index (χ2n) is 5.77. The van der Waals surface area contributed by atoms with Gasteiger partial charge in [0.1, 0.15) is 11.9 Å². The lowest BCUT2D eigenvalue weighted by Gasteiger charge is -2.26. The van der Waals surface area contributed by atoms with Gasteiger partial charge in [0.25, 0.3) is 0 Å². The molecule has 1 amide bonds. The predicted octanol–water partition coefficient (Wildman–Crippen LogP) is 1.85. The summed E-state index contributed by atoms with van der Waals surface area (Å²) in [4.78, 5) is 24.7. The summed E-state index contributed by atoms with van der Waals surface area (Å²) in [7, 11) is 0. The number of hydrogen-bond acceptors (Lipinski definition) is 4. The van der Waals surface area contributed by atoms with E-state index in [9.17, 15) is 9.59 Å². The van der Waals surface area contributed by atoms with Gasteiger partial charge in [0.2, 0.25) is 0 Å². The van der Waals surface area contributed by atoms with E-state index in [-0.39, 0.29) is 6.09 Å². The molecule has 0 radical (unpaired) electrons. The first-order chi connectivity index (χ1) is 8.32. The summed E-state index contributed by atoms with van der Waals surface area (Å²) in [5.41, 5.74) is -1.07. The molecule has 0 aromatic heterocycles. The van der Waals surface area contributed by atoms with Crippen molar-refractivity contribution in [2.75, 3.05) is 26.3 Å². The van der Waals surface area contributed by atoms with Gasteiger partial charge in [-0.15, -0.1) is 0 Å². The predicted molar refractivity (Wildman–Crippen MR) is 67.4 cm³/mol. The molecule has 1 fully saturated rings. The van der Waals surface area contributed by atoms with Gasteiger partial charge in [-0.25, -0.2) is 4.79 Å². The summed E-state index contributed by atoms with van der Waals surface area (Å²) < 4.78 is 10.6. The van der Waals surface area contributed by atoms with Crippen LogP contribution in [-0.2, 0) is 14.3 Å². The van der Waals surface area contributed by atoms with Crippen LogP contribution in [0, 0.1) is 5.41 Å². The smallest absolute Gasteiger partial charge is 0.410 e. The average molecular weight is 257 g/mol. The zero-order chi connectivity index (χ0) is 13.8. The molecule has 1 aliphatic rings. The Morgan fingerprint density at radius 3 is 2.61 bits per heavy atom. The second-order valence-corrected chi connectivity index (χ2v) is 5.77. The number of amides is 1. The van der Waals surface area contributed by atoms with Gasteiger partial charge in [-0.1, -0.05) is 0 Å². The highest BCUT2D eigenvalue weighted by Gasteiger charge is 2.41. The summed E-state index contributed by atoms with van der Waals surface area (Å²) >= 11 is 0. The van der Waals surface area contributed by atoms with Crippen molar-refractivity contribution in [3.8, 4) is 0 Å². The Labute approximate surface area is 108 Å². The average Bonchev–Trinajstić information content (AvgIpc) is 2.69. The molecule has 0 N–H and O–H groups in total. The fraction of sp³-hybridized carbons (Fsp3) is 0.846. The van der Waals surface area contributed by atoms with Gasteiger partial charge in [-0.2, -0.15) is 0 Å². The normalized spacial score (nSPS) is 24.1. The van der Waals surface area contributed by atoms with Crippen LogP contribution in [0.4, 0.5) is 4.79 Å². The molecule has 18 heavy (non-hydrogen) atoms. The van der Waals surface area contributed by atoms with Crippen molar-refractivity contribution in [3.63, 3.8) is 0 Å². The Hall–Kier alpha value is -1.10. The first kappa shape index (κ1) is 15.0. The third-order valence-electron chi connectivity index (χ3n) is 2.88. The molecule has 5 heteroatoms. The molecule has 104 valence electrons. The maximum absolute atomic E-state index is 11.9. The Balaban J connectivity index is 2.58. The van der Waals surface area contributed by atoms with Crippen molar-refractivity contribution in [1.82, 2.24) is 4.90 Å². The molecule has 1 atom stereocenters. The molecule has 0 aliphatic carbocycles. The Bertz CT molecular complexity index is 311. The summed E-state index contributed by atoms with van der Waals surface area (Å²) in [6, 6.07) is 0. The minimum Gasteiger partial charge on any atom is -0.444 e. The van der Waals surface area contributed by atoms with Gasteiger partial charge in [0.15, 0.2) is 0 Å². The first-order valence-electron chi connectivity index (χ1n) is 6.34. The quantitative estimate of drug-likeness (QED) is 0.721. The van der Waals surface area contributed by atoms with Gasteiger partial charge < -0.3 is 19.2 Å². The number of likely N-dealkylation sites (tertiary alicyclic amines) is 1. The highest BCUT2D eigenvalue weighted by atomic mass is 16.6. The van der Waals surface area contributed by atoms with E-state index in [1.165, 1.54) is 0 Å². The van der Waals surface area contributed by atoms with Crippen molar-refractivity contribution in [2.45, 2.75) is 39.7 Å². The summed E-state index contributed by atoms with van der Waals surface area (Å²) in [6.45, 7) is 9.23. The molecular formula is C13H23NO4. The van der Waals surface area contributed by atoms with Gasteiger partial charge in [-0.05, 0) is 34.1 Å². The largest absolute Gasteiger partial charge is 0.444 e. The third-order valence-corrected chi connectivity index (χ3v) is 2.88. The van der Waals surface area contributed by atoms with E-state index in [2.05, 4.69) is 0 Å². The minimum absolute atomic E-state index is 0.359. The van der Waals surface area contributed by atoms with Crippen LogP contribution in [0.15, 0.2) is 0 Å². The molecule has 0 aromatic rings. The molecule has 5 nitrogen and oxygen atoms in total. The van der Waals surface area contributed by atoms with E-state index in [1.54, 1.807) is 4.90 Å². The lowest BCUT2D eigenvalue weighted by Crippen LogP contribution is -2.38. The second kappa shape index (κ2) is 5.69. The van der Waals surface area contributed by atoms with Crippen LogP contribution in [-0.4, -0.2) is 49.2 Å². The molecule has 0 saturated carbocycles. The Morgan fingerprint density at radius 1 is 1.44 bits per heavy atom. The van der Waals surface area contributed by atoms with E-state index in [1.807, 2.05) is 27.7 Å². The highest BCUT2D eigenvalue weighted by Crippen LogP contribution is 2.29. The molecular weight excluding hydrogens is 234 g/mol. The van der Waals surface area contributed by atoms with E-state index in [0.717, 1.165) is 6.29 Å². The number of aldehydes is 1. The van der Waals surface area contributed by atoms with Gasteiger partial charge in [0.05, 0.1) is 12.0 Å². The van der Waals surface area contributed by atoms with E-state index < -0.39 is 11.0 Å². The van der Waals surface area contributed by atoms with E-state index in [4.69, 9.17) is 9.47 Å². The number of rotatable bonds is 4. The van der Waals surface area contributed by atoms with Crippen LogP contribution in [0.1, 0.15) is 34.1 Å². The summed E-state index contributed by atoms with van der Waals surface area (Å²) in [6.07, 6.45) is 1.19. The van der Waals surface area contributed by atoms with Crippen LogP contribution >= 0.6 is 0 Å². The van der Waals surface area contributed by atoms with Gasteiger partial charge in [0, 0.05) is 19.7 Å². The minimum atomic E-state index is -0.563. The molecule has 0 spiro atoms. The van der Waals surface area contributed by atoms with E-state index >= 15 is 0 Å². The fourth-order valence-electron chi connectivity index (χ4n) is 1.93. The molecule has 1 heterocycles. The molecule has 1 rings (SSSR count). The van der Waals surface area contributed by atoms with Crippen LogP contribution in [0.2, 0.25) is 0 Å². The van der Waals surface area contributed by atoms with Gasteiger partial charge >= 0.3 is 6.09 Å². The monoisotopic (exact) mass is 257 g/mol. The maximum atomic E-state index is 11.9. The first-order valence-corrected chi connectivity index (χ1v) is 6.34. The van der Waals surface area contributed by atoms with Crippen LogP contribution in [0.5, 0.6) is 0 Å². The zero-order valence-corrected chi connectivity index (χ0v) is 11.7. The van der Waals surface area contributed by atoms with Crippen molar-refractivity contribution < 1.29 is 19.1 Å². The van der Waals surface area contributed by atoms with Crippen molar-refractivity contribution in [3.05, 3.63) is 0 Å². The molecule has 1 saturated heterocycles. The maximum Gasteiger partial charge on any atom is 0.410 e. The van der Waals surface area contributed by atoms with E-state index in [0.29, 0.717) is 32.7 Å². The van der Waals surface area contributed by atoms with Gasteiger partial charge in [-0.3, -0.25) is 0 Å². The Kier molecular flexibility index (Phi) is 4.73. The van der Waals surface area contributed by atoms with Crippen LogP contribution in [0.25, 0.3) is 0 Å². The number of ether oxygens (including phenoxy) is 2. The van der Waals surface area contributed by atoms with Crippen molar-refractivity contribution in [1.29, 1.82) is 0 Å². The summed E-state index contributed by atoms with van der Waals surface area (Å²) in [5, 5.41) is 0. The van der Waals surface area contributed by atoms with Crippen molar-refractivity contribution in [2.24, 2.45) is 5.41 Å². The summed E-state index contributed by atoms with van der Waals surface area (Å²) in [5.74, 6) is 0. The lowest BCUT2D eigenvalue weighted by molar-refractivity contribution is -0.118. The SMILES string of the molecule is CCOC[C@]1(C=O)CCN(C(=O)OC(C)(C)C)C1. The molecule has 0 unspecified atom stereocenters. The molecule has 0 aromatic carbocycles. The fourth-order valence-corrected chi connectivity index (χ4v) is 1.93. The van der Waals surface area contributed by atoms with Crippen LogP contribution in [0.3, 0.4) is 0 Å². The number of carbonyl (C=O) groups is 2. The number of carbonyl (C=O) groups excluding carboxylic acids is 2. The van der Waals surface area contributed by atoms with Crippen LogP contribution < -0.4 is 0 Å². The Morgan fingerprint density at radius 2 is 2.11 bits per heavy atom. The number of hydrogen-bond donors (Lipinski definition) is 0. The standard InChI is InChI=1S/C13H23NO4/c1-5-17-10-13(9-15)6-7-14(8-13)11(16)18-12(2,3)4/h9H,5-8,10H2,1-4H3/t13-/m1/s1. The lowest BCUT2D eigenvalue weighted by atomic mass is 9.90. The third kappa shape index (κ3) is 3.98. The topological polar surface area (TPSA) is 55.8 Å². The highest BCUT2D eigenvalue weighted by molar-refractivity contribution is 5.71. The van der Waals surface area contributed by atoms with Crippen molar-refractivity contribution >= 4 is 12.4 Å².